The quantitative estimate of drug-likeness (QED) is 0.734. The summed E-state index contributed by atoms with van der Waals surface area (Å²) in [6.07, 6.45) is 0. The fraction of sp³-hybridized carbons (Fsp3) is 0.133. The molecular formula is C15H11IO2. The highest BCUT2D eigenvalue weighted by atomic mass is 127. The SMILES string of the molecule is O=C1c2ccccc2OCC1c1ccc(I)cc1. The lowest BCUT2D eigenvalue weighted by molar-refractivity contribution is 0.0896. The van der Waals surface area contributed by atoms with Crippen molar-refractivity contribution in [1.82, 2.24) is 0 Å². The van der Waals surface area contributed by atoms with E-state index < -0.39 is 0 Å². The number of rotatable bonds is 1. The van der Waals surface area contributed by atoms with Gasteiger partial charge in [0.1, 0.15) is 12.4 Å². The van der Waals surface area contributed by atoms with Gasteiger partial charge in [-0.15, -0.1) is 0 Å². The number of carbonyl (C=O) groups is 1. The summed E-state index contributed by atoms with van der Waals surface area (Å²) in [7, 11) is 0. The van der Waals surface area contributed by atoms with Crippen molar-refractivity contribution in [3.63, 3.8) is 0 Å². The van der Waals surface area contributed by atoms with Crippen LogP contribution in [0.25, 0.3) is 0 Å². The fourth-order valence-electron chi connectivity index (χ4n) is 2.18. The average molecular weight is 350 g/mol. The maximum atomic E-state index is 12.4. The van der Waals surface area contributed by atoms with Crippen LogP contribution in [0.2, 0.25) is 0 Å². The lowest BCUT2D eigenvalue weighted by Gasteiger charge is -2.24. The van der Waals surface area contributed by atoms with Gasteiger partial charge in [0.25, 0.3) is 0 Å². The molecule has 3 rings (SSSR count). The van der Waals surface area contributed by atoms with Gasteiger partial charge in [-0.25, -0.2) is 0 Å². The maximum absolute atomic E-state index is 12.4. The third-order valence-electron chi connectivity index (χ3n) is 3.15. The van der Waals surface area contributed by atoms with Gasteiger partial charge in [-0.1, -0.05) is 24.3 Å². The molecule has 1 aliphatic heterocycles. The monoisotopic (exact) mass is 350 g/mol. The van der Waals surface area contributed by atoms with Crippen LogP contribution in [-0.4, -0.2) is 12.4 Å². The number of carbonyl (C=O) groups excluding carboxylic acids is 1. The molecule has 0 aliphatic carbocycles. The molecule has 0 aromatic heterocycles. The van der Waals surface area contributed by atoms with Gasteiger partial charge in [0.15, 0.2) is 5.78 Å². The molecule has 0 spiro atoms. The van der Waals surface area contributed by atoms with E-state index in [4.69, 9.17) is 4.74 Å². The summed E-state index contributed by atoms with van der Waals surface area (Å²) in [6, 6.07) is 15.5. The lowest BCUT2D eigenvalue weighted by Crippen LogP contribution is -2.25. The van der Waals surface area contributed by atoms with Crippen molar-refractivity contribution in [2.45, 2.75) is 5.92 Å². The fourth-order valence-corrected chi connectivity index (χ4v) is 2.53. The molecule has 0 fully saturated rings. The first-order valence-corrected chi connectivity index (χ1v) is 6.85. The Kier molecular flexibility index (Phi) is 3.07. The molecule has 2 aromatic rings. The number of benzene rings is 2. The highest BCUT2D eigenvalue weighted by Gasteiger charge is 2.29. The summed E-state index contributed by atoms with van der Waals surface area (Å²) >= 11 is 2.26. The number of hydrogen-bond donors (Lipinski definition) is 0. The van der Waals surface area contributed by atoms with Crippen molar-refractivity contribution < 1.29 is 9.53 Å². The minimum atomic E-state index is -0.183. The molecule has 90 valence electrons. The first-order chi connectivity index (χ1) is 8.75. The van der Waals surface area contributed by atoms with Crippen LogP contribution in [0, 0.1) is 3.57 Å². The van der Waals surface area contributed by atoms with Gasteiger partial charge >= 0.3 is 0 Å². The summed E-state index contributed by atoms with van der Waals surface area (Å²) < 4.78 is 6.84. The number of ketones is 1. The Balaban J connectivity index is 1.97. The zero-order valence-electron chi connectivity index (χ0n) is 9.60. The molecule has 0 saturated heterocycles. The number of halogens is 1. The lowest BCUT2D eigenvalue weighted by atomic mass is 9.89. The van der Waals surface area contributed by atoms with Crippen LogP contribution in [0.5, 0.6) is 5.75 Å². The molecule has 0 radical (unpaired) electrons. The van der Waals surface area contributed by atoms with Crippen LogP contribution < -0.4 is 4.74 Å². The molecule has 0 amide bonds. The summed E-state index contributed by atoms with van der Waals surface area (Å²) in [5, 5.41) is 0. The highest BCUT2D eigenvalue weighted by Crippen LogP contribution is 2.32. The molecule has 1 unspecified atom stereocenters. The number of Topliss-reactive ketones (excluding diaryl/α,β-unsaturated/α-hetero) is 1. The van der Waals surface area contributed by atoms with Gasteiger partial charge in [0.2, 0.25) is 0 Å². The summed E-state index contributed by atoms with van der Waals surface area (Å²) in [5.41, 5.74) is 1.71. The van der Waals surface area contributed by atoms with E-state index in [0.29, 0.717) is 17.9 Å². The van der Waals surface area contributed by atoms with E-state index in [1.54, 1.807) is 0 Å². The van der Waals surface area contributed by atoms with Crippen molar-refractivity contribution in [2.75, 3.05) is 6.61 Å². The van der Waals surface area contributed by atoms with Gasteiger partial charge in [0, 0.05) is 3.57 Å². The molecule has 3 heteroatoms. The zero-order chi connectivity index (χ0) is 12.5. The van der Waals surface area contributed by atoms with E-state index in [2.05, 4.69) is 22.6 Å². The van der Waals surface area contributed by atoms with Crippen LogP contribution in [0.3, 0.4) is 0 Å². The van der Waals surface area contributed by atoms with Gasteiger partial charge in [-0.2, -0.15) is 0 Å². The third-order valence-corrected chi connectivity index (χ3v) is 3.87. The predicted molar refractivity (Wildman–Crippen MR) is 78.2 cm³/mol. The van der Waals surface area contributed by atoms with Crippen LogP contribution in [0.15, 0.2) is 48.5 Å². The third kappa shape index (κ3) is 2.03. The normalized spacial score (nSPS) is 18.1. The van der Waals surface area contributed by atoms with Crippen molar-refractivity contribution in [3.8, 4) is 5.75 Å². The van der Waals surface area contributed by atoms with Gasteiger partial charge in [-0.3, -0.25) is 4.79 Å². The van der Waals surface area contributed by atoms with Gasteiger partial charge < -0.3 is 4.74 Å². The Hall–Kier alpha value is -1.36. The Labute approximate surface area is 119 Å². The number of fused-ring (bicyclic) bond motifs is 1. The van der Waals surface area contributed by atoms with Crippen molar-refractivity contribution in [1.29, 1.82) is 0 Å². The largest absolute Gasteiger partial charge is 0.492 e. The van der Waals surface area contributed by atoms with Crippen LogP contribution >= 0.6 is 22.6 Å². The number of ether oxygens (including phenoxy) is 1. The Morgan fingerprint density at radius 2 is 1.78 bits per heavy atom. The second-order valence-corrected chi connectivity index (χ2v) is 5.52. The second-order valence-electron chi connectivity index (χ2n) is 4.28. The molecule has 0 N–H and O–H groups in total. The molecule has 2 nitrogen and oxygen atoms in total. The van der Waals surface area contributed by atoms with Gasteiger partial charge in [0.05, 0.1) is 11.5 Å². The Bertz CT molecular complexity index is 590. The zero-order valence-corrected chi connectivity index (χ0v) is 11.8. The average Bonchev–Trinajstić information content (AvgIpc) is 2.41. The van der Waals surface area contributed by atoms with E-state index >= 15 is 0 Å². The minimum absolute atomic E-state index is 0.151. The maximum Gasteiger partial charge on any atom is 0.177 e. The Morgan fingerprint density at radius 1 is 1.06 bits per heavy atom. The molecule has 1 aliphatic rings. The summed E-state index contributed by atoms with van der Waals surface area (Å²) in [6.45, 7) is 0.427. The van der Waals surface area contributed by atoms with Crippen LogP contribution in [-0.2, 0) is 0 Å². The van der Waals surface area contributed by atoms with Crippen molar-refractivity contribution in [2.24, 2.45) is 0 Å². The predicted octanol–water partition coefficient (Wildman–Crippen LogP) is 3.65. The van der Waals surface area contributed by atoms with E-state index in [9.17, 15) is 4.79 Å². The molecular weight excluding hydrogens is 339 g/mol. The molecule has 1 heterocycles. The smallest absolute Gasteiger partial charge is 0.177 e. The topological polar surface area (TPSA) is 26.3 Å². The molecule has 2 aromatic carbocycles. The second kappa shape index (κ2) is 4.72. The van der Waals surface area contributed by atoms with E-state index in [1.807, 2.05) is 48.5 Å². The highest BCUT2D eigenvalue weighted by molar-refractivity contribution is 14.1. The standard InChI is InChI=1S/C15H11IO2/c16-11-7-5-10(6-8-11)13-9-18-14-4-2-1-3-12(14)15(13)17/h1-8,13H,9H2. The minimum Gasteiger partial charge on any atom is -0.492 e. The molecule has 1 atom stereocenters. The number of para-hydroxylation sites is 1. The first kappa shape index (κ1) is 11.7. The molecule has 0 bridgehead atoms. The summed E-state index contributed by atoms with van der Waals surface area (Å²) in [4.78, 5) is 12.4. The van der Waals surface area contributed by atoms with E-state index in [1.165, 1.54) is 3.57 Å². The molecule has 18 heavy (non-hydrogen) atoms. The number of hydrogen-bond acceptors (Lipinski definition) is 2. The Morgan fingerprint density at radius 3 is 2.56 bits per heavy atom. The van der Waals surface area contributed by atoms with Gasteiger partial charge in [-0.05, 0) is 52.4 Å². The molecule has 0 saturated carbocycles. The first-order valence-electron chi connectivity index (χ1n) is 5.77. The summed E-state index contributed by atoms with van der Waals surface area (Å²) in [5.74, 6) is 0.666. The van der Waals surface area contributed by atoms with Crippen molar-refractivity contribution in [3.05, 3.63) is 63.2 Å². The van der Waals surface area contributed by atoms with E-state index in [0.717, 1.165) is 5.56 Å². The van der Waals surface area contributed by atoms with Crippen LogP contribution in [0.4, 0.5) is 0 Å². The van der Waals surface area contributed by atoms with Crippen LogP contribution in [0.1, 0.15) is 21.8 Å². The van der Waals surface area contributed by atoms with Crippen molar-refractivity contribution >= 4 is 28.4 Å². The van der Waals surface area contributed by atoms with E-state index in [-0.39, 0.29) is 11.7 Å².